The monoisotopic (exact) mass is 496 g/mol. The van der Waals surface area contributed by atoms with Crippen LogP contribution in [-0.4, -0.2) is 38.0 Å². The number of hydrogen-bond acceptors (Lipinski definition) is 5. The third kappa shape index (κ3) is 4.23. The zero-order chi connectivity index (χ0) is 25.4. The lowest BCUT2D eigenvalue weighted by molar-refractivity contribution is -0.0542. The molecular formula is C29H28N4O4. The second kappa shape index (κ2) is 9.37. The van der Waals surface area contributed by atoms with Crippen molar-refractivity contribution in [3.05, 3.63) is 95.1 Å². The van der Waals surface area contributed by atoms with Crippen LogP contribution in [0.25, 0.3) is 11.0 Å². The molecule has 37 heavy (non-hydrogen) atoms. The van der Waals surface area contributed by atoms with Gasteiger partial charge in [0.15, 0.2) is 5.72 Å². The number of hydrogen-bond donors (Lipinski definition) is 3. The lowest BCUT2D eigenvalue weighted by Gasteiger charge is -2.35. The average molecular weight is 497 g/mol. The Bertz CT molecular complexity index is 1460. The van der Waals surface area contributed by atoms with Crippen molar-refractivity contribution in [1.29, 1.82) is 0 Å². The van der Waals surface area contributed by atoms with Gasteiger partial charge in [-0.25, -0.2) is 4.79 Å². The first-order chi connectivity index (χ1) is 18.0. The molecule has 0 radical (unpaired) electrons. The summed E-state index contributed by atoms with van der Waals surface area (Å²) in [6.07, 6.45) is 4.79. The predicted molar refractivity (Wildman–Crippen MR) is 138 cm³/mol. The number of nitrogens with zero attached hydrogens (tertiary/aromatic N) is 2. The van der Waals surface area contributed by atoms with Crippen LogP contribution in [0.1, 0.15) is 59.2 Å². The Hall–Kier alpha value is -4.17. The molecule has 1 aliphatic carbocycles. The molecule has 2 amide bonds. The van der Waals surface area contributed by atoms with Crippen LogP contribution in [0.3, 0.4) is 0 Å². The molecule has 1 aliphatic heterocycles. The van der Waals surface area contributed by atoms with Crippen molar-refractivity contribution in [1.82, 2.24) is 20.2 Å². The van der Waals surface area contributed by atoms with Crippen LogP contribution in [0, 0.1) is 0 Å². The zero-order valence-corrected chi connectivity index (χ0v) is 20.3. The van der Waals surface area contributed by atoms with Crippen molar-refractivity contribution in [2.24, 2.45) is 0 Å². The smallest absolute Gasteiger partial charge is 0.375 e. The van der Waals surface area contributed by atoms with E-state index >= 15 is 0 Å². The first kappa shape index (κ1) is 23.2. The highest BCUT2D eigenvalue weighted by Crippen LogP contribution is 2.43. The molecule has 188 valence electrons. The number of H-pyrrole nitrogens is 1. The van der Waals surface area contributed by atoms with Crippen molar-refractivity contribution in [3.63, 3.8) is 0 Å². The highest BCUT2D eigenvalue weighted by molar-refractivity contribution is 6.00. The summed E-state index contributed by atoms with van der Waals surface area (Å²) in [7, 11) is 0. The van der Waals surface area contributed by atoms with E-state index in [1.165, 1.54) is 11.3 Å². The summed E-state index contributed by atoms with van der Waals surface area (Å²) in [6, 6.07) is 22.2. The summed E-state index contributed by atoms with van der Waals surface area (Å²) < 4.78 is 5.42. The minimum atomic E-state index is -1.68. The van der Waals surface area contributed by atoms with E-state index in [9.17, 15) is 14.7 Å². The van der Waals surface area contributed by atoms with Gasteiger partial charge in [-0.05, 0) is 36.6 Å². The molecule has 0 bridgehead atoms. The van der Waals surface area contributed by atoms with E-state index < -0.39 is 11.8 Å². The van der Waals surface area contributed by atoms with Gasteiger partial charge >= 0.3 is 12.1 Å². The molecule has 4 aromatic rings. The van der Waals surface area contributed by atoms with E-state index in [1.807, 2.05) is 36.4 Å². The summed E-state index contributed by atoms with van der Waals surface area (Å²) in [5.74, 6) is -0.241. The molecule has 2 heterocycles. The van der Waals surface area contributed by atoms with Crippen molar-refractivity contribution in [2.45, 2.75) is 50.4 Å². The molecule has 1 fully saturated rings. The van der Waals surface area contributed by atoms with Crippen LogP contribution in [0.5, 0.6) is 6.01 Å². The van der Waals surface area contributed by atoms with Gasteiger partial charge in [-0.2, -0.15) is 4.98 Å². The molecule has 2 aliphatic rings. The van der Waals surface area contributed by atoms with Crippen LogP contribution in [0.2, 0.25) is 0 Å². The number of carbonyl (C=O) groups excluding carboxylic acids is 2. The van der Waals surface area contributed by atoms with E-state index in [0.717, 1.165) is 31.2 Å². The number of nitrogens with one attached hydrogen (secondary N) is 2. The Labute approximate surface area is 214 Å². The number of carbonyl (C=O) groups is 2. The van der Waals surface area contributed by atoms with Crippen molar-refractivity contribution < 1.29 is 19.4 Å². The fourth-order valence-corrected chi connectivity index (χ4v) is 5.46. The second-order valence-electron chi connectivity index (χ2n) is 9.74. The lowest BCUT2D eigenvalue weighted by Crippen LogP contribution is -2.44. The van der Waals surface area contributed by atoms with Crippen LogP contribution in [-0.2, 0) is 12.3 Å². The molecule has 3 N–H and O–H groups in total. The number of aliphatic hydroxyl groups is 1. The van der Waals surface area contributed by atoms with Crippen molar-refractivity contribution in [3.8, 4) is 6.01 Å². The topological polar surface area (TPSA) is 108 Å². The first-order valence-electron chi connectivity index (χ1n) is 12.7. The summed E-state index contributed by atoms with van der Waals surface area (Å²) in [5, 5.41) is 15.1. The largest absolute Gasteiger partial charge is 0.415 e. The van der Waals surface area contributed by atoms with Gasteiger partial charge < -0.3 is 20.1 Å². The van der Waals surface area contributed by atoms with E-state index in [1.54, 1.807) is 36.4 Å². The van der Waals surface area contributed by atoms with Gasteiger partial charge in [0.2, 0.25) is 0 Å². The number of benzene rings is 3. The number of aromatic nitrogens is 2. The molecule has 8 heteroatoms. The molecule has 0 saturated heterocycles. The van der Waals surface area contributed by atoms with Crippen molar-refractivity contribution in [2.75, 3.05) is 0 Å². The Kier molecular flexibility index (Phi) is 5.88. The zero-order valence-electron chi connectivity index (χ0n) is 20.3. The number of ether oxygens (including phenoxy) is 1. The minimum absolute atomic E-state index is 0.0801. The van der Waals surface area contributed by atoms with Gasteiger partial charge in [-0.1, -0.05) is 73.9 Å². The minimum Gasteiger partial charge on any atom is -0.375 e. The second-order valence-corrected chi connectivity index (χ2v) is 9.74. The first-order valence-corrected chi connectivity index (χ1v) is 12.7. The molecule has 1 saturated carbocycles. The third-order valence-corrected chi connectivity index (χ3v) is 7.33. The maximum Gasteiger partial charge on any atom is 0.415 e. The molecule has 1 aromatic heterocycles. The number of aromatic amines is 1. The number of rotatable bonds is 5. The van der Waals surface area contributed by atoms with Crippen LogP contribution < -0.4 is 10.1 Å². The maximum absolute atomic E-state index is 13.4. The van der Waals surface area contributed by atoms with Gasteiger partial charge in [0.05, 0.1) is 11.0 Å². The SMILES string of the molecule is O=C(NC1CCCCC1)Oc1nc2ccc(C3(O)c4ccccc4C(=O)N3Cc3ccccc3)cc2[nH]1. The van der Waals surface area contributed by atoms with Gasteiger partial charge in [-0.15, -0.1) is 0 Å². The van der Waals surface area contributed by atoms with Crippen molar-refractivity contribution >= 4 is 23.0 Å². The molecule has 8 nitrogen and oxygen atoms in total. The van der Waals surface area contributed by atoms with E-state index in [0.29, 0.717) is 27.7 Å². The lowest BCUT2D eigenvalue weighted by atomic mass is 9.93. The highest BCUT2D eigenvalue weighted by Gasteiger charge is 2.49. The molecular weight excluding hydrogens is 468 g/mol. The van der Waals surface area contributed by atoms with Crippen LogP contribution >= 0.6 is 0 Å². The fourth-order valence-electron chi connectivity index (χ4n) is 5.46. The number of imidazole rings is 1. The molecule has 0 spiro atoms. The standard InChI is InChI=1S/C29H28N4O4/c34-26-22-13-7-8-14-23(22)29(36,33(26)18-19-9-3-1-4-10-19)20-15-16-24-25(17-20)32-27(31-24)37-28(35)30-21-11-5-2-6-12-21/h1,3-4,7-10,13-17,21,36H,2,5-6,11-12,18H2,(H,30,35)(H,31,32). The summed E-state index contributed by atoms with van der Waals surface area (Å²) in [6.45, 7) is 0.238. The summed E-state index contributed by atoms with van der Waals surface area (Å²) in [5.41, 5.74) is 1.90. The summed E-state index contributed by atoms with van der Waals surface area (Å²) in [4.78, 5) is 34.7. The molecule has 1 atom stereocenters. The van der Waals surface area contributed by atoms with Gasteiger partial charge in [0.1, 0.15) is 0 Å². The number of amides is 2. The third-order valence-electron chi connectivity index (χ3n) is 7.33. The van der Waals surface area contributed by atoms with Gasteiger partial charge in [-0.3, -0.25) is 9.69 Å². The fraction of sp³-hybridized carbons (Fsp3) is 0.276. The van der Waals surface area contributed by atoms with Gasteiger partial charge in [0, 0.05) is 29.3 Å². The molecule has 1 unspecified atom stereocenters. The molecule has 3 aromatic carbocycles. The highest BCUT2D eigenvalue weighted by atomic mass is 16.6. The van der Waals surface area contributed by atoms with Crippen LogP contribution in [0.15, 0.2) is 72.8 Å². The normalized spacial score (nSPS) is 19.7. The maximum atomic E-state index is 13.4. The average Bonchev–Trinajstić information content (AvgIpc) is 3.42. The Morgan fingerprint density at radius 3 is 2.62 bits per heavy atom. The molecule has 6 rings (SSSR count). The van der Waals surface area contributed by atoms with E-state index in [-0.39, 0.29) is 24.5 Å². The van der Waals surface area contributed by atoms with Crippen LogP contribution in [0.4, 0.5) is 4.79 Å². The quantitative estimate of drug-likeness (QED) is 0.367. The van der Waals surface area contributed by atoms with E-state index in [2.05, 4.69) is 15.3 Å². The van der Waals surface area contributed by atoms with E-state index in [4.69, 9.17) is 4.74 Å². The Balaban J connectivity index is 1.31. The Morgan fingerprint density at radius 2 is 1.81 bits per heavy atom. The summed E-state index contributed by atoms with van der Waals surface area (Å²) >= 11 is 0. The Morgan fingerprint density at radius 1 is 1.05 bits per heavy atom. The number of fused-ring (bicyclic) bond motifs is 2. The van der Waals surface area contributed by atoms with Gasteiger partial charge in [0.25, 0.3) is 5.91 Å². The predicted octanol–water partition coefficient (Wildman–Crippen LogP) is 4.83.